The molecular weight excluding hydrogens is 342 g/mol. The minimum absolute atomic E-state index is 0.385. The van der Waals surface area contributed by atoms with Gasteiger partial charge in [-0.2, -0.15) is 5.26 Å². The van der Waals surface area contributed by atoms with Crippen LogP contribution in [-0.4, -0.2) is 33.3 Å². The van der Waals surface area contributed by atoms with Crippen molar-refractivity contribution in [3.05, 3.63) is 41.2 Å². The van der Waals surface area contributed by atoms with Crippen LogP contribution in [0.3, 0.4) is 0 Å². The number of thioether (sulfide) groups is 1. The van der Waals surface area contributed by atoms with Crippen LogP contribution in [0, 0.1) is 17.2 Å². The van der Waals surface area contributed by atoms with Crippen molar-refractivity contribution >= 4 is 11.8 Å². The normalized spacial score (nSPS) is 20.8. The molecule has 1 unspecified atom stereocenters. The fourth-order valence-electron chi connectivity index (χ4n) is 3.68. The largest absolute Gasteiger partial charge is 0.304 e. The van der Waals surface area contributed by atoms with E-state index in [0.29, 0.717) is 6.04 Å². The summed E-state index contributed by atoms with van der Waals surface area (Å²) in [6.07, 6.45) is 6.35. The minimum Gasteiger partial charge on any atom is -0.304 e. The fourth-order valence-corrected chi connectivity index (χ4v) is 4.64. The van der Waals surface area contributed by atoms with E-state index in [1.807, 2.05) is 24.3 Å². The Morgan fingerprint density at radius 3 is 2.81 bits per heavy atom. The average Bonchev–Trinajstić information content (AvgIpc) is 3.40. The summed E-state index contributed by atoms with van der Waals surface area (Å²) in [6, 6.07) is 10.5. The first kappa shape index (κ1) is 17.6. The summed E-state index contributed by atoms with van der Waals surface area (Å²) in [5.41, 5.74) is 1.82. The lowest BCUT2D eigenvalue weighted by atomic mass is 10.0. The molecule has 1 aromatic carbocycles. The molecule has 1 aromatic heterocycles. The molecule has 1 saturated carbocycles. The Kier molecular flexibility index (Phi) is 5.28. The molecule has 2 heterocycles. The molecule has 0 N–H and O–H groups in total. The van der Waals surface area contributed by atoms with E-state index in [2.05, 4.69) is 32.8 Å². The predicted octanol–water partition coefficient (Wildman–Crippen LogP) is 4.01. The van der Waals surface area contributed by atoms with Gasteiger partial charge < -0.3 is 4.57 Å². The second-order valence-electron chi connectivity index (χ2n) is 7.44. The van der Waals surface area contributed by atoms with Crippen molar-refractivity contribution in [1.82, 2.24) is 19.7 Å². The van der Waals surface area contributed by atoms with Gasteiger partial charge in [0.15, 0.2) is 11.0 Å². The van der Waals surface area contributed by atoms with Gasteiger partial charge in [0.25, 0.3) is 0 Å². The van der Waals surface area contributed by atoms with Crippen molar-refractivity contribution in [3.63, 3.8) is 0 Å². The van der Waals surface area contributed by atoms with E-state index in [1.54, 1.807) is 11.8 Å². The van der Waals surface area contributed by atoms with E-state index in [0.717, 1.165) is 46.9 Å². The second kappa shape index (κ2) is 7.81. The van der Waals surface area contributed by atoms with Crippen LogP contribution in [0.25, 0.3) is 0 Å². The predicted molar refractivity (Wildman–Crippen MR) is 103 cm³/mol. The zero-order valence-electron chi connectivity index (χ0n) is 15.3. The van der Waals surface area contributed by atoms with Crippen LogP contribution in [0.2, 0.25) is 0 Å². The molecule has 0 bridgehead atoms. The molecule has 4 rings (SSSR count). The number of piperidine rings is 1. The van der Waals surface area contributed by atoms with E-state index in [-0.39, 0.29) is 0 Å². The summed E-state index contributed by atoms with van der Waals surface area (Å²) in [6.45, 7) is 2.17. The summed E-state index contributed by atoms with van der Waals surface area (Å²) in [7, 11) is 2.20. The van der Waals surface area contributed by atoms with Crippen LogP contribution in [-0.2, 0) is 12.3 Å². The van der Waals surface area contributed by atoms with Crippen LogP contribution >= 0.6 is 11.8 Å². The fraction of sp³-hybridized carbons (Fsp3) is 0.550. The first-order chi connectivity index (χ1) is 12.8. The van der Waals surface area contributed by atoms with E-state index < -0.39 is 0 Å². The molecule has 136 valence electrons. The Morgan fingerprint density at radius 2 is 2.04 bits per heavy atom. The molecule has 0 amide bonds. The topological polar surface area (TPSA) is 57.7 Å². The van der Waals surface area contributed by atoms with Gasteiger partial charge in [-0.1, -0.05) is 36.4 Å². The Balaban J connectivity index is 1.56. The van der Waals surface area contributed by atoms with Crippen molar-refractivity contribution in [1.29, 1.82) is 5.26 Å². The number of benzene rings is 1. The Hall–Kier alpha value is -1.84. The van der Waals surface area contributed by atoms with E-state index in [1.165, 1.54) is 32.1 Å². The third-order valence-corrected chi connectivity index (χ3v) is 6.46. The highest BCUT2D eigenvalue weighted by Gasteiger charge is 2.30. The van der Waals surface area contributed by atoms with Gasteiger partial charge in [-0.15, -0.1) is 10.2 Å². The van der Waals surface area contributed by atoms with Gasteiger partial charge in [0.05, 0.1) is 17.7 Å². The van der Waals surface area contributed by atoms with Crippen LogP contribution in [0.4, 0.5) is 0 Å². The molecule has 2 aromatic rings. The molecular formula is C20H25N5S. The smallest absolute Gasteiger partial charge is 0.191 e. The molecule has 26 heavy (non-hydrogen) atoms. The number of aromatic nitrogens is 3. The van der Waals surface area contributed by atoms with E-state index in [9.17, 15) is 5.26 Å². The maximum atomic E-state index is 9.30. The van der Waals surface area contributed by atoms with Gasteiger partial charge in [0.1, 0.15) is 0 Å². The summed E-state index contributed by atoms with van der Waals surface area (Å²) >= 11 is 1.71. The molecule has 1 aliphatic carbocycles. The van der Waals surface area contributed by atoms with Gasteiger partial charge in [-0.05, 0) is 56.8 Å². The number of likely N-dealkylation sites (tertiary alicyclic amines) is 1. The highest BCUT2D eigenvalue weighted by molar-refractivity contribution is 7.98. The summed E-state index contributed by atoms with van der Waals surface area (Å²) < 4.78 is 2.36. The average molecular weight is 368 g/mol. The van der Waals surface area contributed by atoms with Crippen LogP contribution in [0.5, 0.6) is 0 Å². The molecule has 5 nitrogen and oxygen atoms in total. The molecule has 0 spiro atoms. The number of rotatable bonds is 6. The summed E-state index contributed by atoms with van der Waals surface area (Å²) in [5.74, 6) is 2.67. The SMILES string of the molecule is CN1CCCCC1c1nnc(SCc2ccccc2C#N)n1CC1CC1. The number of nitrogens with zero attached hydrogens (tertiary/aromatic N) is 5. The highest BCUT2D eigenvalue weighted by Crippen LogP contribution is 2.36. The molecule has 2 aliphatic rings. The second-order valence-corrected chi connectivity index (χ2v) is 8.39. The first-order valence-corrected chi connectivity index (χ1v) is 10.5. The van der Waals surface area contributed by atoms with Crippen molar-refractivity contribution in [2.24, 2.45) is 5.92 Å². The number of nitriles is 1. The quantitative estimate of drug-likeness (QED) is 0.722. The van der Waals surface area contributed by atoms with E-state index >= 15 is 0 Å². The number of hydrogen-bond donors (Lipinski definition) is 0. The van der Waals surface area contributed by atoms with Gasteiger partial charge >= 0.3 is 0 Å². The minimum atomic E-state index is 0.385. The van der Waals surface area contributed by atoms with Crippen molar-refractivity contribution in [2.45, 2.75) is 55.6 Å². The lowest BCUT2D eigenvalue weighted by molar-refractivity contribution is 0.174. The van der Waals surface area contributed by atoms with Gasteiger partial charge in [-0.3, -0.25) is 4.90 Å². The standard InChI is InChI=1S/C20H25N5S/c1-24-11-5-4-8-18(24)19-22-23-20(25(19)13-15-9-10-15)26-14-17-7-3-2-6-16(17)12-21/h2-3,6-7,15,18H,4-5,8-11,13-14H2,1H3. The zero-order chi connectivity index (χ0) is 17.9. The van der Waals surface area contributed by atoms with Crippen molar-refractivity contribution < 1.29 is 0 Å². The zero-order valence-corrected chi connectivity index (χ0v) is 16.1. The maximum Gasteiger partial charge on any atom is 0.191 e. The molecule has 2 fully saturated rings. The van der Waals surface area contributed by atoms with Crippen molar-refractivity contribution in [2.75, 3.05) is 13.6 Å². The third-order valence-electron chi connectivity index (χ3n) is 5.45. The van der Waals surface area contributed by atoms with Gasteiger partial charge in [0.2, 0.25) is 0 Å². The number of hydrogen-bond acceptors (Lipinski definition) is 5. The van der Waals surface area contributed by atoms with E-state index in [4.69, 9.17) is 0 Å². The van der Waals surface area contributed by atoms with Gasteiger partial charge in [-0.25, -0.2) is 0 Å². The first-order valence-electron chi connectivity index (χ1n) is 9.50. The maximum absolute atomic E-state index is 9.30. The molecule has 0 radical (unpaired) electrons. The van der Waals surface area contributed by atoms with Crippen molar-refractivity contribution in [3.8, 4) is 6.07 Å². The summed E-state index contributed by atoms with van der Waals surface area (Å²) in [4.78, 5) is 2.43. The lowest BCUT2D eigenvalue weighted by Crippen LogP contribution is -2.31. The highest BCUT2D eigenvalue weighted by atomic mass is 32.2. The molecule has 1 aliphatic heterocycles. The monoisotopic (exact) mass is 367 g/mol. The van der Waals surface area contributed by atoms with Crippen LogP contribution in [0.15, 0.2) is 29.4 Å². The van der Waals surface area contributed by atoms with Crippen LogP contribution in [0.1, 0.15) is 55.1 Å². The third kappa shape index (κ3) is 3.79. The summed E-state index contributed by atoms with van der Waals surface area (Å²) in [5, 5.41) is 19.5. The van der Waals surface area contributed by atoms with Gasteiger partial charge in [0, 0.05) is 12.3 Å². The molecule has 6 heteroatoms. The van der Waals surface area contributed by atoms with Crippen LogP contribution < -0.4 is 0 Å². The molecule has 1 atom stereocenters. The Bertz CT molecular complexity index is 805. The lowest BCUT2D eigenvalue weighted by Gasteiger charge is -2.32. The molecule has 1 saturated heterocycles. The Labute approximate surface area is 159 Å². The Morgan fingerprint density at radius 1 is 1.19 bits per heavy atom.